The predicted octanol–water partition coefficient (Wildman–Crippen LogP) is 4.68. The smallest absolute Gasteiger partial charge is 0.236 e. The number of thiazole rings is 1. The van der Waals surface area contributed by atoms with Gasteiger partial charge in [-0.15, -0.1) is 0 Å². The molecule has 172 valence electrons. The molecule has 0 saturated heterocycles. The number of aromatic nitrogens is 1. The summed E-state index contributed by atoms with van der Waals surface area (Å²) in [4.78, 5) is 18.5. The Balaban J connectivity index is 1.34. The van der Waals surface area contributed by atoms with E-state index in [1.165, 1.54) is 11.3 Å². The Kier molecular flexibility index (Phi) is 6.25. The Hall–Kier alpha value is -2.65. The highest BCUT2D eigenvalue weighted by Crippen LogP contribution is 2.51. The average molecular weight is 487 g/mol. The molecule has 1 aliphatic carbocycles. The SMILES string of the molecule is O=C(Nc1ncc(C(OCCCO)c2ccccc2Cl)s1)C1(c2ccc3c(c2)OCO3)CC1. The molecule has 33 heavy (non-hydrogen) atoms. The van der Waals surface area contributed by atoms with Crippen LogP contribution in [-0.2, 0) is 14.9 Å². The van der Waals surface area contributed by atoms with Gasteiger partial charge in [-0.1, -0.05) is 47.2 Å². The summed E-state index contributed by atoms with van der Waals surface area (Å²) in [5.74, 6) is 1.29. The molecule has 1 aliphatic heterocycles. The van der Waals surface area contributed by atoms with E-state index < -0.39 is 11.5 Å². The zero-order valence-electron chi connectivity index (χ0n) is 17.8. The summed E-state index contributed by atoms with van der Waals surface area (Å²) < 4.78 is 16.9. The number of benzene rings is 2. The minimum atomic E-state index is -0.577. The lowest BCUT2D eigenvalue weighted by molar-refractivity contribution is -0.118. The van der Waals surface area contributed by atoms with Crippen molar-refractivity contribution in [3.05, 3.63) is 69.7 Å². The fourth-order valence-corrected chi connectivity index (χ4v) is 5.04. The Bertz CT molecular complexity index is 1160. The van der Waals surface area contributed by atoms with Gasteiger partial charge >= 0.3 is 0 Å². The lowest BCUT2D eigenvalue weighted by atomic mass is 9.94. The topological polar surface area (TPSA) is 89.9 Å². The van der Waals surface area contributed by atoms with Crippen LogP contribution in [0, 0.1) is 0 Å². The molecule has 2 aromatic carbocycles. The van der Waals surface area contributed by atoms with Gasteiger partial charge in [0, 0.05) is 23.4 Å². The Labute approximate surface area is 200 Å². The minimum absolute atomic E-state index is 0.0428. The molecule has 2 heterocycles. The normalized spacial score (nSPS) is 16.4. The molecule has 2 N–H and O–H groups in total. The summed E-state index contributed by atoms with van der Waals surface area (Å²) in [6.45, 7) is 0.618. The molecule has 1 saturated carbocycles. The third kappa shape index (κ3) is 4.44. The molecule has 1 unspecified atom stereocenters. The van der Waals surface area contributed by atoms with E-state index in [1.807, 2.05) is 42.5 Å². The number of hydrogen-bond donors (Lipinski definition) is 2. The zero-order valence-corrected chi connectivity index (χ0v) is 19.3. The molecule has 0 radical (unpaired) electrons. The number of amides is 1. The fourth-order valence-electron chi connectivity index (χ4n) is 3.93. The quantitative estimate of drug-likeness (QED) is 0.427. The van der Waals surface area contributed by atoms with Crippen molar-refractivity contribution in [3.8, 4) is 11.5 Å². The fraction of sp³-hybridized carbons (Fsp3) is 0.333. The van der Waals surface area contributed by atoms with Crippen LogP contribution in [0.1, 0.15) is 41.4 Å². The number of fused-ring (bicyclic) bond motifs is 1. The van der Waals surface area contributed by atoms with Gasteiger partial charge in [0.15, 0.2) is 16.6 Å². The largest absolute Gasteiger partial charge is 0.454 e. The molecule has 1 fully saturated rings. The van der Waals surface area contributed by atoms with E-state index in [9.17, 15) is 4.79 Å². The Morgan fingerprint density at radius 3 is 2.85 bits per heavy atom. The number of nitrogens with zero attached hydrogens (tertiary/aromatic N) is 1. The minimum Gasteiger partial charge on any atom is -0.454 e. The maximum absolute atomic E-state index is 13.2. The van der Waals surface area contributed by atoms with E-state index in [2.05, 4.69) is 10.3 Å². The number of carbonyl (C=O) groups excluding carboxylic acids is 1. The van der Waals surface area contributed by atoms with Crippen molar-refractivity contribution >= 4 is 34.0 Å². The second kappa shape index (κ2) is 9.30. The van der Waals surface area contributed by atoms with Crippen LogP contribution in [0.15, 0.2) is 48.7 Å². The third-order valence-electron chi connectivity index (χ3n) is 5.89. The van der Waals surface area contributed by atoms with Gasteiger partial charge in [0.1, 0.15) is 6.10 Å². The first-order valence-corrected chi connectivity index (χ1v) is 11.9. The Morgan fingerprint density at radius 2 is 2.06 bits per heavy atom. The van der Waals surface area contributed by atoms with Crippen LogP contribution in [0.3, 0.4) is 0 Å². The first-order chi connectivity index (χ1) is 16.1. The number of aliphatic hydroxyl groups excluding tert-OH is 1. The van der Waals surface area contributed by atoms with E-state index in [-0.39, 0.29) is 19.3 Å². The summed E-state index contributed by atoms with van der Waals surface area (Å²) in [5.41, 5.74) is 1.16. The van der Waals surface area contributed by atoms with Gasteiger partial charge in [0.2, 0.25) is 12.7 Å². The summed E-state index contributed by atoms with van der Waals surface area (Å²) in [6.07, 6.45) is 3.32. The highest BCUT2D eigenvalue weighted by Gasteiger charge is 2.52. The monoisotopic (exact) mass is 486 g/mol. The Morgan fingerprint density at radius 1 is 1.24 bits per heavy atom. The van der Waals surface area contributed by atoms with Gasteiger partial charge in [-0.2, -0.15) is 0 Å². The van der Waals surface area contributed by atoms with Crippen molar-refractivity contribution in [2.75, 3.05) is 25.3 Å². The summed E-state index contributed by atoms with van der Waals surface area (Å²) in [7, 11) is 0. The molecule has 0 bridgehead atoms. The van der Waals surface area contributed by atoms with E-state index in [4.69, 9.17) is 30.9 Å². The molecule has 2 aliphatic rings. The molecule has 1 atom stereocenters. The standard InChI is InChI=1S/C24H23ClN2O5S/c25-17-5-2-1-4-16(17)21(30-11-3-10-28)20-13-26-23(33-20)27-22(29)24(8-9-24)15-6-7-18-19(12-15)32-14-31-18/h1-2,4-7,12-13,21,28H,3,8-11,14H2,(H,26,27,29). The number of carbonyl (C=O) groups is 1. The van der Waals surface area contributed by atoms with E-state index in [0.29, 0.717) is 34.7 Å². The highest BCUT2D eigenvalue weighted by molar-refractivity contribution is 7.15. The molecule has 0 spiro atoms. The average Bonchev–Trinajstić information content (AvgIpc) is 3.28. The molecular formula is C24H23ClN2O5S. The van der Waals surface area contributed by atoms with Crippen molar-refractivity contribution in [2.45, 2.75) is 30.8 Å². The maximum Gasteiger partial charge on any atom is 0.236 e. The predicted molar refractivity (Wildman–Crippen MR) is 125 cm³/mol. The molecule has 5 rings (SSSR count). The number of hydrogen-bond acceptors (Lipinski definition) is 7. The summed E-state index contributed by atoms with van der Waals surface area (Å²) >= 11 is 7.77. The molecule has 1 aromatic heterocycles. The molecule has 1 amide bonds. The molecule has 3 aromatic rings. The summed E-state index contributed by atoms with van der Waals surface area (Å²) in [5, 5.41) is 13.2. The van der Waals surface area contributed by atoms with Crippen LogP contribution in [0.2, 0.25) is 5.02 Å². The zero-order chi connectivity index (χ0) is 22.8. The van der Waals surface area contributed by atoms with Crippen LogP contribution >= 0.6 is 22.9 Å². The highest BCUT2D eigenvalue weighted by atomic mass is 35.5. The van der Waals surface area contributed by atoms with Crippen LogP contribution < -0.4 is 14.8 Å². The number of rotatable bonds is 9. The molecular weight excluding hydrogens is 464 g/mol. The van der Waals surface area contributed by atoms with Gasteiger partial charge in [-0.05, 0) is 43.0 Å². The van der Waals surface area contributed by atoms with E-state index >= 15 is 0 Å². The number of ether oxygens (including phenoxy) is 3. The number of halogens is 1. The van der Waals surface area contributed by atoms with E-state index in [1.54, 1.807) is 6.20 Å². The maximum atomic E-state index is 13.2. The number of aliphatic hydroxyl groups is 1. The van der Waals surface area contributed by atoms with Gasteiger partial charge in [0.05, 0.1) is 16.9 Å². The van der Waals surface area contributed by atoms with Gasteiger partial charge in [-0.3, -0.25) is 4.79 Å². The summed E-state index contributed by atoms with van der Waals surface area (Å²) in [6, 6.07) is 13.1. The lowest BCUT2D eigenvalue weighted by Gasteiger charge is -2.18. The van der Waals surface area contributed by atoms with Crippen molar-refractivity contribution < 1.29 is 24.1 Å². The van der Waals surface area contributed by atoms with Crippen molar-refractivity contribution in [3.63, 3.8) is 0 Å². The molecule has 9 heteroatoms. The van der Waals surface area contributed by atoms with Crippen molar-refractivity contribution in [1.82, 2.24) is 4.98 Å². The van der Waals surface area contributed by atoms with Gasteiger partial charge in [0.25, 0.3) is 0 Å². The van der Waals surface area contributed by atoms with Crippen LogP contribution in [0.25, 0.3) is 0 Å². The lowest BCUT2D eigenvalue weighted by Crippen LogP contribution is -2.27. The first kappa shape index (κ1) is 22.2. The van der Waals surface area contributed by atoms with Crippen LogP contribution in [0.5, 0.6) is 11.5 Å². The first-order valence-electron chi connectivity index (χ1n) is 10.7. The second-order valence-corrected chi connectivity index (χ2v) is 9.49. The van der Waals surface area contributed by atoms with Crippen molar-refractivity contribution in [2.24, 2.45) is 0 Å². The van der Waals surface area contributed by atoms with E-state index in [0.717, 1.165) is 28.8 Å². The van der Waals surface area contributed by atoms with Crippen molar-refractivity contribution in [1.29, 1.82) is 0 Å². The van der Waals surface area contributed by atoms with Gasteiger partial charge in [-0.25, -0.2) is 4.98 Å². The number of nitrogens with one attached hydrogen (secondary N) is 1. The van der Waals surface area contributed by atoms with Gasteiger partial charge < -0.3 is 24.6 Å². The molecule has 7 nitrogen and oxygen atoms in total. The van der Waals surface area contributed by atoms with Crippen LogP contribution in [-0.4, -0.2) is 36.0 Å². The third-order valence-corrected chi connectivity index (χ3v) is 7.19. The number of anilines is 1. The van der Waals surface area contributed by atoms with Crippen LogP contribution in [0.4, 0.5) is 5.13 Å². The second-order valence-electron chi connectivity index (χ2n) is 8.02.